The third kappa shape index (κ3) is 2.40. The lowest BCUT2D eigenvalue weighted by atomic mass is 10.4. The van der Waals surface area contributed by atoms with Gasteiger partial charge in [0.05, 0.1) is 6.67 Å². The lowest BCUT2D eigenvalue weighted by Gasteiger charge is -1.94. The van der Waals surface area contributed by atoms with Crippen LogP contribution >= 0.6 is 11.8 Å². The van der Waals surface area contributed by atoms with E-state index in [4.69, 9.17) is 0 Å². The first-order valence-electron chi connectivity index (χ1n) is 3.08. The molecule has 1 rings (SSSR count). The Hall–Kier alpha value is -0.500. The van der Waals surface area contributed by atoms with Crippen LogP contribution < -0.4 is 0 Å². The molecule has 0 unspecified atom stereocenters. The fraction of sp³-hybridized carbons (Fsp3) is 0.250. The van der Waals surface area contributed by atoms with Crippen LogP contribution in [0, 0.1) is 6.07 Å². The molecule has 0 nitrogen and oxygen atoms in total. The van der Waals surface area contributed by atoms with Gasteiger partial charge in [0, 0.05) is 10.6 Å². The van der Waals surface area contributed by atoms with Crippen LogP contribution in [-0.2, 0) is 0 Å². The van der Waals surface area contributed by atoms with Crippen molar-refractivity contribution in [2.24, 2.45) is 0 Å². The van der Waals surface area contributed by atoms with Gasteiger partial charge in [-0.2, -0.15) is 0 Å². The van der Waals surface area contributed by atoms with E-state index in [1.807, 2.05) is 24.3 Å². The molecule has 1 aromatic carbocycles. The Morgan fingerprint density at radius 3 is 3.10 bits per heavy atom. The van der Waals surface area contributed by atoms with E-state index in [0.717, 1.165) is 4.90 Å². The Labute approximate surface area is 64.4 Å². The second-order valence-electron chi connectivity index (χ2n) is 1.78. The molecule has 53 valence electrons. The molecule has 1 radical (unpaired) electrons. The summed E-state index contributed by atoms with van der Waals surface area (Å²) in [6, 6.07) is 10.5. The summed E-state index contributed by atoms with van der Waals surface area (Å²) in [5, 5.41) is 0. The van der Waals surface area contributed by atoms with Gasteiger partial charge in [0.1, 0.15) is 0 Å². The Balaban J connectivity index is 2.43. The first-order valence-corrected chi connectivity index (χ1v) is 4.07. The van der Waals surface area contributed by atoms with E-state index in [-0.39, 0.29) is 6.67 Å². The molecule has 2 heteroatoms. The molecule has 0 spiro atoms. The lowest BCUT2D eigenvalue weighted by molar-refractivity contribution is 0.533. The first kappa shape index (κ1) is 7.61. The van der Waals surface area contributed by atoms with Gasteiger partial charge < -0.3 is 0 Å². The molecule has 0 aliphatic rings. The van der Waals surface area contributed by atoms with E-state index in [0.29, 0.717) is 5.75 Å². The Morgan fingerprint density at radius 2 is 2.50 bits per heavy atom. The highest BCUT2D eigenvalue weighted by atomic mass is 32.2. The van der Waals surface area contributed by atoms with E-state index in [1.54, 1.807) is 0 Å². The number of hydrogen-bond donors (Lipinski definition) is 0. The maximum atomic E-state index is 11.6. The predicted octanol–water partition coefficient (Wildman–Crippen LogP) is 2.55. The van der Waals surface area contributed by atoms with Gasteiger partial charge in [-0.05, 0) is 18.2 Å². The van der Waals surface area contributed by atoms with Crippen LogP contribution in [0.3, 0.4) is 0 Å². The van der Waals surface area contributed by atoms with Crippen LogP contribution in [-0.4, -0.2) is 12.4 Å². The molecule has 0 bridgehead atoms. The van der Waals surface area contributed by atoms with Gasteiger partial charge in [-0.3, -0.25) is 4.39 Å². The van der Waals surface area contributed by atoms with Gasteiger partial charge >= 0.3 is 0 Å². The van der Waals surface area contributed by atoms with Crippen molar-refractivity contribution in [1.82, 2.24) is 0 Å². The Morgan fingerprint density at radius 1 is 1.60 bits per heavy atom. The van der Waals surface area contributed by atoms with Gasteiger partial charge in [-0.25, -0.2) is 0 Å². The summed E-state index contributed by atoms with van der Waals surface area (Å²) in [5.41, 5.74) is 0. The third-order valence-corrected chi connectivity index (χ3v) is 1.97. The summed E-state index contributed by atoms with van der Waals surface area (Å²) in [4.78, 5) is 1.08. The Bertz CT molecular complexity index is 174. The minimum Gasteiger partial charge on any atom is -0.250 e. The van der Waals surface area contributed by atoms with Crippen molar-refractivity contribution in [2.75, 3.05) is 12.4 Å². The molecule has 0 fully saturated rings. The maximum absolute atomic E-state index is 11.6. The van der Waals surface area contributed by atoms with Crippen molar-refractivity contribution < 1.29 is 4.39 Å². The monoisotopic (exact) mass is 155 g/mol. The first-order chi connectivity index (χ1) is 4.93. The molecule has 0 amide bonds. The average Bonchev–Trinajstić information content (AvgIpc) is 2.03. The predicted molar refractivity (Wildman–Crippen MR) is 42.0 cm³/mol. The van der Waals surface area contributed by atoms with Crippen LogP contribution in [0.15, 0.2) is 29.2 Å². The zero-order chi connectivity index (χ0) is 7.23. The molecule has 0 atom stereocenters. The molecule has 0 aromatic heterocycles. The van der Waals surface area contributed by atoms with E-state index >= 15 is 0 Å². The van der Waals surface area contributed by atoms with Crippen molar-refractivity contribution in [2.45, 2.75) is 4.90 Å². The summed E-state index contributed by atoms with van der Waals surface area (Å²) in [6.07, 6.45) is 0. The SMILES string of the molecule is FCCSc1c[c]ccc1. The highest BCUT2D eigenvalue weighted by molar-refractivity contribution is 7.99. The van der Waals surface area contributed by atoms with Gasteiger partial charge in [0.25, 0.3) is 0 Å². The van der Waals surface area contributed by atoms with Crippen molar-refractivity contribution in [1.29, 1.82) is 0 Å². The smallest absolute Gasteiger partial charge is 0.0988 e. The molecule has 1 aromatic rings. The summed E-state index contributed by atoms with van der Waals surface area (Å²) < 4.78 is 11.6. The van der Waals surface area contributed by atoms with Crippen LogP contribution in [0.4, 0.5) is 4.39 Å². The second-order valence-corrected chi connectivity index (χ2v) is 2.94. The lowest BCUT2D eigenvalue weighted by Crippen LogP contribution is -1.78. The number of halogens is 1. The molecular weight excluding hydrogens is 147 g/mol. The molecule has 0 aliphatic carbocycles. The molecule has 0 heterocycles. The van der Waals surface area contributed by atoms with Crippen LogP contribution in [0.25, 0.3) is 0 Å². The third-order valence-electron chi connectivity index (χ3n) is 1.02. The highest BCUT2D eigenvalue weighted by Gasteiger charge is 1.89. The van der Waals surface area contributed by atoms with Crippen LogP contribution in [0.5, 0.6) is 0 Å². The summed E-state index contributed by atoms with van der Waals surface area (Å²) >= 11 is 1.51. The quantitative estimate of drug-likeness (QED) is 0.604. The van der Waals surface area contributed by atoms with Gasteiger partial charge in [-0.1, -0.05) is 12.1 Å². The molecule has 0 saturated carbocycles. The molecule has 0 saturated heterocycles. The van der Waals surface area contributed by atoms with E-state index < -0.39 is 0 Å². The van der Waals surface area contributed by atoms with E-state index in [2.05, 4.69) is 6.07 Å². The van der Waals surface area contributed by atoms with Crippen molar-refractivity contribution >= 4 is 11.8 Å². The van der Waals surface area contributed by atoms with Crippen molar-refractivity contribution in [3.63, 3.8) is 0 Å². The zero-order valence-electron chi connectivity index (χ0n) is 5.51. The topological polar surface area (TPSA) is 0 Å². The second kappa shape index (κ2) is 4.34. The molecule has 10 heavy (non-hydrogen) atoms. The molecule has 0 aliphatic heterocycles. The minimum absolute atomic E-state index is 0.264. The average molecular weight is 155 g/mol. The van der Waals surface area contributed by atoms with E-state index in [9.17, 15) is 4.39 Å². The van der Waals surface area contributed by atoms with E-state index in [1.165, 1.54) is 11.8 Å². The summed E-state index contributed by atoms with van der Waals surface area (Å²) in [6.45, 7) is -0.264. The molecule has 0 N–H and O–H groups in total. The number of hydrogen-bond acceptors (Lipinski definition) is 1. The highest BCUT2D eigenvalue weighted by Crippen LogP contribution is 2.15. The fourth-order valence-corrected chi connectivity index (χ4v) is 1.26. The maximum Gasteiger partial charge on any atom is 0.0988 e. The largest absolute Gasteiger partial charge is 0.250 e. The normalized spacial score (nSPS) is 9.70. The number of benzene rings is 1. The van der Waals surface area contributed by atoms with Crippen molar-refractivity contribution in [3.05, 3.63) is 30.3 Å². The number of rotatable bonds is 3. The van der Waals surface area contributed by atoms with Gasteiger partial charge in [0.2, 0.25) is 0 Å². The van der Waals surface area contributed by atoms with Crippen LogP contribution in [0.2, 0.25) is 0 Å². The fourth-order valence-electron chi connectivity index (χ4n) is 0.623. The minimum atomic E-state index is -0.264. The van der Waals surface area contributed by atoms with Gasteiger partial charge in [0.15, 0.2) is 0 Å². The van der Waals surface area contributed by atoms with Gasteiger partial charge in [-0.15, -0.1) is 11.8 Å². The number of thioether (sulfide) groups is 1. The molecular formula is C8H8FS. The van der Waals surface area contributed by atoms with Crippen molar-refractivity contribution in [3.8, 4) is 0 Å². The number of alkyl halides is 1. The standard InChI is InChI=1S/C8H8FS/c9-6-7-10-8-4-2-1-3-5-8/h1-2,4-5H,6-7H2. The summed E-state index contributed by atoms with van der Waals surface area (Å²) in [5.74, 6) is 0.540. The summed E-state index contributed by atoms with van der Waals surface area (Å²) in [7, 11) is 0. The Kier molecular flexibility index (Phi) is 3.30. The van der Waals surface area contributed by atoms with Crippen LogP contribution in [0.1, 0.15) is 0 Å². The zero-order valence-corrected chi connectivity index (χ0v) is 6.33.